The average molecular weight is 398 g/mol. The quantitative estimate of drug-likeness (QED) is 0.669. The van der Waals surface area contributed by atoms with Crippen LogP contribution in [0, 0.1) is 13.8 Å². The molecule has 29 heavy (non-hydrogen) atoms. The van der Waals surface area contributed by atoms with Gasteiger partial charge in [0.2, 0.25) is 6.79 Å². The Kier molecular flexibility index (Phi) is 5.22. The van der Waals surface area contributed by atoms with Crippen LogP contribution in [0.25, 0.3) is 0 Å². The Morgan fingerprint density at radius 1 is 1.17 bits per heavy atom. The number of hydrogen-bond donors (Lipinski definition) is 0. The third-order valence-corrected chi connectivity index (χ3v) is 5.49. The van der Waals surface area contributed by atoms with E-state index in [-0.39, 0.29) is 19.3 Å². The van der Waals surface area contributed by atoms with E-state index < -0.39 is 5.97 Å². The number of nitrogens with zero attached hydrogens (tertiary/aromatic N) is 2. The number of hydrogen-bond acceptors (Lipinski definition) is 5. The Labute approximate surface area is 170 Å². The topological polar surface area (TPSA) is 70.0 Å². The molecule has 1 aromatic heterocycles. The first-order valence-corrected chi connectivity index (χ1v) is 9.99. The van der Waals surface area contributed by atoms with Gasteiger partial charge in [0, 0.05) is 30.5 Å². The number of benzene rings is 1. The van der Waals surface area contributed by atoms with Gasteiger partial charge < -0.3 is 23.7 Å². The molecular weight excluding hydrogens is 372 g/mol. The van der Waals surface area contributed by atoms with E-state index in [0.29, 0.717) is 36.2 Å². The first-order chi connectivity index (χ1) is 14.0. The minimum absolute atomic E-state index is 0.215. The summed E-state index contributed by atoms with van der Waals surface area (Å²) in [7, 11) is 0. The van der Waals surface area contributed by atoms with E-state index in [9.17, 15) is 9.59 Å². The van der Waals surface area contributed by atoms with Crippen LogP contribution < -0.4 is 9.47 Å². The number of ether oxygens (including phenoxy) is 3. The van der Waals surface area contributed by atoms with Crippen molar-refractivity contribution in [3.8, 4) is 11.5 Å². The highest BCUT2D eigenvalue weighted by molar-refractivity contribution is 5.92. The highest BCUT2D eigenvalue weighted by atomic mass is 16.7. The van der Waals surface area contributed by atoms with E-state index in [1.54, 1.807) is 4.90 Å². The molecule has 2 aliphatic rings. The molecule has 0 atom stereocenters. The standard InChI is InChI=1S/C22H26N2O5/c1-4-23(11-16-5-8-19-20(10-16)29-13-28-19)21(25)12-27-22(26)18-9-14(2)24(15(18)3)17-6-7-17/h5,8-10,17H,4,6-7,11-13H2,1-3H3. The van der Waals surface area contributed by atoms with Gasteiger partial charge in [-0.25, -0.2) is 4.79 Å². The van der Waals surface area contributed by atoms with Gasteiger partial charge >= 0.3 is 5.97 Å². The summed E-state index contributed by atoms with van der Waals surface area (Å²) in [4.78, 5) is 26.8. The molecule has 154 valence electrons. The highest BCUT2D eigenvalue weighted by Gasteiger charge is 2.29. The molecule has 1 aliphatic carbocycles. The molecule has 0 radical (unpaired) electrons. The maximum atomic E-state index is 12.6. The monoisotopic (exact) mass is 398 g/mol. The van der Waals surface area contributed by atoms with Crippen molar-refractivity contribution in [3.63, 3.8) is 0 Å². The zero-order valence-corrected chi connectivity index (χ0v) is 17.1. The SMILES string of the molecule is CCN(Cc1ccc2c(c1)OCO2)C(=O)COC(=O)c1cc(C)n(C2CC2)c1C. The Hall–Kier alpha value is -2.96. The Bertz CT molecular complexity index is 945. The molecule has 2 heterocycles. The molecule has 7 heteroatoms. The molecule has 4 rings (SSSR count). The first-order valence-electron chi connectivity index (χ1n) is 9.99. The minimum Gasteiger partial charge on any atom is -0.454 e. The Morgan fingerprint density at radius 3 is 2.66 bits per heavy atom. The third kappa shape index (κ3) is 3.95. The number of amides is 1. The smallest absolute Gasteiger partial charge is 0.340 e. The fourth-order valence-electron chi connectivity index (χ4n) is 3.81. The summed E-state index contributed by atoms with van der Waals surface area (Å²) in [5, 5.41) is 0. The van der Waals surface area contributed by atoms with Crippen molar-refractivity contribution < 1.29 is 23.8 Å². The van der Waals surface area contributed by atoms with Gasteiger partial charge in [-0.3, -0.25) is 4.79 Å². The molecule has 0 spiro atoms. The summed E-state index contributed by atoms with van der Waals surface area (Å²) in [6.45, 7) is 6.70. The second-order valence-electron chi connectivity index (χ2n) is 7.56. The van der Waals surface area contributed by atoms with Crippen LogP contribution in [0.2, 0.25) is 0 Å². The number of carbonyl (C=O) groups excluding carboxylic acids is 2. The summed E-state index contributed by atoms with van der Waals surface area (Å²) < 4.78 is 18.2. The van der Waals surface area contributed by atoms with E-state index in [1.165, 1.54) is 0 Å². The van der Waals surface area contributed by atoms with Crippen molar-refractivity contribution in [2.75, 3.05) is 19.9 Å². The highest BCUT2D eigenvalue weighted by Crippen LogP contribution is 2.38. The van der Waals surface area contributed by atoms with E-state index in [1.807, 2.05) is 45.0 Å². The second-order valence-corrected chi connectivity index (χ2v) is 7.56. The molecule has 1 fully saturated rings. The fourth-order valence-corrected chi connectivity index (χ4v) is 3.81. The van der Waals surface area contributed by atoms with Crippen LogP contribution in [-0.4, -0.2) is 41.3 Å². The largest absolute Gasteiger partial charge is 0.454 e. The fraction of sp³-hybridized carbons (Fsp3) is 0.455. The lowest BCUT2D eigenvalue weighted by Crippen LogP contribution is -2.34. The molecule has 7 nitrogen and oxygen atoms in total. The van der Waals surface area contributed by atoms with Crippen LogP contribution in [0.1, 0.15) is 53.1 Å². The zero-order chi connectivity index (χ0) is 20.5. The molecule has 1 aliphatic heterocycles. The van der Waals surface area contributed by atoms with Crippen LogP contribution in [0.4, 0.5) is 0 Å². The number of likely N-dealkylation sites (N-methyl/N-ethyl adjacent to an activating group) is 1. The van der Waals surface area contributed by atoms with Crippen LogP contribution in [0.5, 0.6) is 11.5 Å². The number of esters is 1. The molecule has 1 saturated carbocycles. The lowest BCUT2D eigenvalue weighted by atomic mass is 10.2. The summed E-state index contributed by atoms with van der Waals surface area (Å²) in [5.41, 5.74) is 3.45. The van der Waals surface area contributed by atoms with Crippen LogP contribution in [0.3, 0.4) is 0 Å². The van der Waals surface area contributed by atoms with Gasteiger partial charge in [0.15, 0.2) is 18.1 Å². The van der Waals surface area contributed by atoms with Gasteiger partial charge in [0.25, 0.3) is 5.91 Å². The van der Waals surface area contributed by atoms with E-state index in [0.717, 1.165) is 29.8 Å². The van der Waals surface area contributed by atoms with Gasteiger partial charge in [-0.2, -0.15) is 0 Å². The van der Waals surface area contributed by atoms with E-state index in [4.69, 9.17) is 14.2 Å². The maximum absolute atomic E-state index is 12.6. The van der Waals surface area contributed by atoms with Gasteiger partial charge in [-0.1, -0.05) is 6.07 Å². The minimum atomic E-state index is -0.447. The average Bonchev–Trinajstić information content (AvgIpc) is 3.34. The third-order valence-electron chi connectivity index (χ3n) is 5.49. The molecule has 0 N–H and O–H groups in total. The van der Waals surface area contributed by atoms with Crippen molar-refractivity contribution in [1.82, 2.24) is 9.47 Å². The van der Waals surface area contributed by atoms with Crippen molar-refractivity contribution >= 4 is 11.9 Å². The van der Waals surface area contributed by atoms with Gasteiger partial charge in [-0.05, 0) is 57.4 Å². The van der Waals surface area contributed by atoms with Crippen molar-refractivity contribution in [3.05, 3.63) is 46.8 Å². The van der Waals surface area contributed by atoms with Crippen LogP contribution in [0.15, 0.2) is 24.3 Å². The normalized spacial score (nSPS) is 14.7. The van der Waals surface area contributed by atoms with Gasteiger partial charge in [-0.15, -0.1) is 0 Å². The number of rotatable bonds is 7. The Balaban J connectivity index is 1.36. The number of fused-ring (bicyclic) bond motifs is 1. The predicted molar refractivity (Wildman–Crippen MR) is 106 cm³/mol. The molecular formula is C22H26N2O5. The lowest BCUT2D eigenvalue weighted by Gasteiger charge is -2.21. The lowest BCUT2D eigenvalue weighted by molar-refractivity contribution is -0.134. The Morgan fingerprint density at radius 2 is 1.93 bits per heavy atom. The molecule has 1 amide bonds. The maximum Gasteiger partial charge on any atom is 0.340 e. The van der Waals surface area contributed by atoms with Crippen molar-refractivity contribution in [2.45, 2.75) is 46.2 Å². The number of aromatic nitrogens is 1. The van der Waals surface area contributed by atoms with Gasteiger partial charge in [0.1, 0.15) is 0 Å². The number of aryl methyl sites for hydroxylation is 1. The molecule has 0 unspecified atom stereocenters. The summed E-state index contributed by atoms with van der Waals surface area (Å²) >= 11 is 0. The molecule has 0 bridgehead atoms. The number of carbonyl (C=O) groups is 2. The predicted octanol–water partition coefficient (Wildman–Crippen LogP) is 3.37. The second kappa shape index (κ2) is 7.81. The summed E-state index contributed by atoms with van der Waals surface area (Å²) in [5.74, 6) is 0.719. The summed E-state index contributed by atoms with van der Waals surface area (Å²) in [6.07, 6.45) is 2.29. The van der Waals surface area contributed by atoms with Crippen LogP contribution in [-0.2, 0) is 16.1 Å². The first kappa shape index (κ1) is 19.4. The molecule has 0 saturated heterocycles. The van der Waals surface area contributed by atoms with Crippen molar-refractivity contribution in [2.24, 2.45) is 0 Å². The summed E-state index contributed by atoms with van der Waals surface area (Å²) in [6, 6.07) is 7.96. The molecule has 2 aromatic rings. The van der Waals surface area contributed by atoms with E-state index in [2.05, 4.69) is 4.57 Å². The van der Waals surface area contributed by atoms with Crippen LogP contribution >= 0.6 is 0 Å². The van der Waals surface area contributed by atoms with E-state index >= 15 is 0 Å². The zero-order valence-electron chi connectivity index (χ0n) is 17.1. The molecule has 1 aromatic carbocycles. The van der Waals surface area contributed by atoms with Crippen molar-refractivity contribution in [1.29, 1.82) is 0 Å². The van der Waals surface area contributed by atoms with Gasteiger partial charge in [0.05, 0.1) is 5.56 Å².